The average molecular weight is 326 g/mol. The van der Waals surface area contributed by atoms with Crippen LogP contribution in [0.3, 0.4) is 0 Å². The quantitative estimate of drug-likeness (QED) is 0.938. The summed E-state index contributed by atoms with van der Waals surface area (Å²) in [7, 11) is 0. The van der Waals surface area contributed by atoms with Gasteiger partial charge in [0.1, 0.15) is 5.82 Å². The average Bonchev–Trinajstić information content (AvgIpc) is 2.81. The molecule has 0 saturated carbocycles. The number of rotatable bonds is 4. The highest BCUT2D eigenvalue weighted by molar-refractivity contribution is 6.08. The summed E-state index contributed by atoms with van der Waals surface area (Å²) in [5.74, 6) is -2.14. The first kappa shape index (κ1) is 15.9. The molecule has 2 aromatic rings. The molecule has 1 aliphatic rings. The van der Waals surface area contributed by atoms with Crippen molar-refractivity contribution in [2.45, 2.75) is 19.5 Å². The van der Waals surface area contributed by atoms with Gasteiger partial charge in [0.15, 0.2) is 11.5 Å². The Balaban J connectivity index is 2.06. The summed E-state index contributed by atoms with van der Waals surface area (Å²) in [5.41, 5.74) is 1.15. The zero-order valence-corrected chi connectivity index (χ0v) is 12.9. The van der Waals surface area contributed by atoms with Crippen molar-refractivity contribution in [1.29, 1.82) is 0 Å². The molecule has 1 amide bonds. The second-order valence-corrected chi connectivity index (χ2v) is 5.57. The lowest BCUT2D eigenvalue weighted by Crippen LogP contribution is -2.30. The molecule has 0 saturated heterocycles. The Morgan fingerprint density at radius 1 is 1.33 bits per heavy atom. The zero-order valence-electron chi connectivity index (χ0n) is 12.9. The molecule has 1 unspecified atom stereocenters. The lowest BCUT2D eigenvalue weighted by atomic mass is 9.96. The number of nitrogens with zero attached hydrogens (tertiary/aromatic N) is 2. The molecule has 1 aliphatic heterocycles. The van der Waals surface area contributed by atoms with E-state index in [2.05, 4.69) is 4.98 Å². The Morgan fingerprint density at radius 2 is 2.12 bits per heavy atom. The van der Waals surface area contributed by atoms with E-state index < -0.39 is 29.3 Å². The minimum Gasteiger partial charge on any atom is -0.503 e. The molecular formula is C18H15FN2O3. The molecule has 1 atom stereocenters. The van der Waals surface area contributed by atoms with Crippen molar-refractivity contribution in [3.05, 3.63) is 77.1 Å². The fourth-order valence-electron chi connectivity index (χ4n) is 2.89. The van der Waals surface area contributed by atoms with Gasteiger partial charge in [0.05, 0.1) is 11.6 Å². The number of pyridine rings is 1. The van der Waals surface area contributed by atoms with Crippen LogP contribution in [-0.4, -0.2) is 26.7 Å². The number of carbonyl (C=O) groups is 2. The lowest BCUT2D eigenvalue weighted by Gasteiger charge is -2.26. The SMILES string of the molecule is CC(=O)C1=C(O)C(=O)N(Cc2cccnc2)C1c1cccc(F)c1. The third-order valence-electron chi connectivity index (χ3n) is 3.92. The number of amides is 1. The van der Waals surface area contributed by atoms with Gasteiger partial charge in [0.2, 0.25) is 0 Å². The number of hydrogen-bond donors (Lipinski definition) is 1. The van der Waals surface area contributed by atoms with Crippen LogP contribution >= 0.6 is 0 Å². The molecule has 1 aromatic carbocycles. The molecule has 5 nitrogen and oxygen atoms in total. The van der Waals surface area contributed by atoms with E-state index in [0.717, 1.165) is 5.56 Å². The highest BCUT2D eigenvalue weighted by atomic mass is 19.1. The van der Waals surface area contributed by atoms with Gasteiger partial charge in [-0.2, -0.15) is 0 Å². The molecule has 24 heavy (non-hydrogen) atoms. The predicted molar refractivity (Wildman–Crippen MR) is 84.3 cm³/mol. The smallest absolute Gasteiger partial charge is 0.290 e. The third kappa shape index (κ3) is 2.78. The number of ketones is 1. The molecule has 1 aromatic heterocycles. The maximum atomic E-state index is 13.6. The summed E-state index contributed by atoms with van der Waals surface area (Å²) in [6.45, 7) is 1.42. The number of halogens is 1. The molecule has 0 bridgehead atoms. The summed E-state index contributed by atoms with van der Waals surface area (Å²) in [5, 5.41) is 10.1. The number of Topliss-reactive ketones (excluding diaryl/α,β-unsaturated/α-hetero) is 1. The molecular weight excluding hydrogens is 311 g/mol. The van der Waals surface area contributed by atoms with Crippen molar-refractivity contribution >= 4 is 11.7 Å². The Bertz CT molecular complexity index is 833. The summed E-state index contributed by atoms with van der Waals surface area (Å²) in [6.07, 6.45) is 3.20. The van der Waals surface area contributed by atoms with Gasteiger partial charge in [-0.05, 0) is 36.2 Å². The zero-order chi connectivity index (χ0) is 17.3. The third-order valence-corrected chi connectivity index (χ3v) is 3.92. The molecule has 0 spiro atoms. The number of aliphatic hydroxyl groups is 1. The van der Waals surface area contributed by atoms with Crippen LogP contribution in [-0.2, 0) is 16.1 Å². The monoisotopic (exact) mass is 326 g/mol. The Kier molecular flexibility index (Phi) is 4.12. The van der Waals surface area contributed by atoms with E-state index in [4.69, 9.17) is 0 Å². The van der Waals surface area contributed by atoms with Crippen molar-refractivity contribution in [3.8, 4) is 0 Å². The van der Waals surface area contributed by atoms with E-state index in [-0.39, 0.29) is 12.1 Å². The van der Waals surface area contributed by atoms with Crippen LogP contribution in [0, 0.1) is 5.82 Å². The van der Waals surface area contributed by atoms with E-state index in [0.29, 0.717) is 5.56 Å². The first-order chi connectivity index (χ1) is 11.5. The topological polar surface area (TPSA) is 70.5 Å². The molecule has 0 fully saturated rings. The molecule has 6 heteroatoms. The van der Waals surface area contributed by atoms with Crippen LogP contribution < -0.4 is 0 Å². The van der Waals surface area contributed by atoms with E-state index >= 15 is 0 Å². The molecule has 0 aliphatic carbocycles. The Morgan fingerprint density at radius 3 is 2.75 bits per heavy atom. The maximum absolute atomic E-state index is 13.6. The molecule has 122 valence electrons. The van der Waals surface area contributed by atoms with Crippen LogP contribution in [0.15, 0.2) is 60.1 Å². The fraction of sp³-hybridized carbons (Fsp3) is 0.167. The second-order valence-electron chi connectivity index (χ2n) is 5.57. The molecule has 0 radical (unpaired) electrons. The summed E-state index contributed by atoms with van der Waals surface area (Å²) in [4.78, 5) is 29.8. The number of hydrogen-bond acceptors (Lipinski definition) is 4. The lowest BCUT2D eigenvalue weighted by molar-refractivity contribution is -0.130. The van der Waals surface area contributed by atoms with Crippen LogP contribution in [0.5, 0.6) is 0 Å². The highest BCUT2D eigenvalue weighted by Gasteiger charge is 2.42. The van der Waals surface area contributed by atoms with Crippen molar-refractivity contribution in [3.63, 3.8) is 0 Å². The van der Waals surface area contributed by atoms with Gasteiger partial charge in [-0.25, -0.2) is 4.39 Å². The fourth-order valence-corrected chi connectivity index (χ4v) is 2.89. The van der Waals surface area contributed by atoms with E-state index in [9.17, 15) is 19.1 Å². The largest absolute Gasteiger partial charge is 0.503 e. The summed E-state index contributed by atoms with van der Waals surface area (Å²) >= 11 is 0. The van der Waals surface area contributed by atoms with Gasteiger partial charge in [-0.3, -0.25) is 14.6 Å². The summed E-state index contributed by atoms with van der Waals surface area (Å²) in [6, 6.07) is 8.35. The molecule has 3 rings (SSSR count). The van der Waals surface area contributed by atoms with E-state index in [1.165, 1.54) is 30.0 Å². The van der Waals surface area contributed by atoms with Gasteiger partial charge in [0.25, 0.3) is 5.91 Å². The van der Waals surface area contributed by atoms with Crippen LogP contribution in [0.25, 0.3) is 0 Å². The van der Waals surface area contributed by atoms with E-state index in [1.807, 2.05) is 0 Å². The highest BCUT2D eigenvalue weighted by Crippen LogP contribution is 2.38. The number of carbonyl (C=O) groups excluding carboxylic acids is 2. The number of benzene rings is 1. The maximum Gasteiger partial charge on any atom is 0.290 e. The van der Waals surface area contributed by atoms with Crippen LogP contribution in [0.1, 0.15) is 24.1 Å². The predicted octanol–water partition coefficient (Wildman–Crippen LogP) is 2.71. The van der Waals surface area contributed by atoms with Gasteiger partial charge in [-0.15, -0.1) is 0 Å². The number of aromatic nitrogens is 1. The molecule has 1 N–H and O–H groups in total. The van der Waals surface area contributed by atoms with Gasteiger partial charge >= 0.3 is 0 Å². The van der Waals surface area contributed by atoms with Crippen molar-refractivity contribution < 1.29 is 19.1 Å². The molecule has 2 heterocycles. The first-order valence-electron chi connectivity index (χ1n) is 7.38. The van der Waals surface area contributed by atoms with Gasteiger partial charge in [0, 0.05) is 18.9 Å². The van der Waals surface area contributed by atoms with Crippen LogP contribution in [0.2, 0.25) is 0 Å². The minimum absolute atomic E-state index is 0.0190. The Hall–Kier alpha value is -3.02. The minimum atomic E-state index is -0.828. The number of aliphatic hydroxyl groups excluding tert-OH is 1. The Labute approximate surface area is 138 Å². The summed E-state index contributed by atoms with van der Waals surface area (Å²) < 4.78 is 13.6. The second kappa shape index (κ2) is 6.23. The van der Waals surface area contributed by atoms with Crippen LogP contribution in [0.4, 0.5) is 4.39 Å². The van der Waals surface area contributed by atoms with Crippen molar-refractivity contribution in [1.82, 2.24) is 9.88 Å². The normalized spacial score (nSPS) is 17.5. The van der Waals surface area contributed by atoms with Gasteiger partial charge in [-0.1, -0.05) is 18.2 Å². The van der Waals surface area contributed by atoms with Gasteiger partial charge < -0.3 is 10.0 Å². The standard InChI is InChI=1S/C18H15FN2O3/c1-11(22)15-16(13-5-2-6-14(19)8-13)21(18(24)17(15)23)10-12-4-3-7-20-9-12/h2-9,16,23H,10H2,1H3. The van der Waals surface area contributed by atoms with E-state index in [1.54, 1.807) is 30.6 Å². The van der Waals surface area contributed by atoms with Crippen molar-refractivity contribution in [2.24, 2.45) is 0 Å². The van der Waals surface area contributed by atoms with Crippen molar-refractivity contribution in [2.75, 3.05) is 0 Å². The first-order valence-corrected chi connectivity index (χ1v) is 7.38.